The Balaban J connectivity index is 1.99. The lowest BCUT2D eigenvalue weighted by atomic mass is 9.62. The summed E-state index contributed by atoms with van der Waals surface area (Å²) in [7, 11) is 0. The first kappa shape index (κ1) is 14.4. The summed E-state index contributed by atoms with van der Waals surface area (Å²) >= 11 is 0. The highest BCUT2D eigenvalue weighted by Crippen LogP contribution is 2.61. The molecule has 2 fully saturated rings. The predicted molar refractivity (Wildman–Crippen MR) is 87.5 cm³/mol. The molecule has 3 rings (SSSR count). The van der Waals surface area contributed by atoms with Gasteiger partial charge < -0.3 is 0 Å². The summed E-state index contributed by atoms with van der Waals surface area (Å²) in [4.78, 5) is 0. The van der Waals surface area contributed by atoms with Gasteiger partial charge in [0.05, 0.1) is 0 Å². The molecule has 0 aromatic carbocycles. The van der Waals surface area contributed by atoms with Crippen LogP contribution < -0.4 is 0 Å². The summed E-state index contributed by atoms with van der Waals surface area (Å²) in [6, 6.07) is 0. The van der Waals surface area contributed by atoms with E-state index in [1.807, 2.05) is 0 Å². The largest absolute Gasteiger partial charge is 0.0996 e. The van der Waals surface area contributed by atoms with Crippen molar-refractivity contribution in [3.8, 4) is 0 Å². The van der Waals surface area contributed by atoms with Crippen LogP contribution in [0.15, 0.2) is 23.8 Å². The molecule has 5 unspecified atom stereocenters. The molecule has 0 saturated heterocycles. The fourth-order valence-corrected chi connectivity index (χ4v) is 5.98. The summed E-state index contributed by atoms with van der Waals surface area (Å²) in [5.41, 5.74) is 3.76. The van der Waals surface area contributed by atoms with Gasteiger partial charge in [-0.2, -0.15) is 0 Å². The average Bonchev–Trinajstić information content (AvgIpc) is 2.69. The minimum absolute atomic E-state index is 0.560. The van der Waals surface area contributed by atoms with E-state index >= 15 is 0 Å². The zero-order chi connectivity index (χ0) is 14.5. The van der Waals surface area contributed by atoms with Crippen LogP contribution in [0.4, 0.5) is 0 Å². The summed E-state index contributed by atoms with van der Waals surface area (Å²) in [5, 5.41) is 0. The highest BCUT2D eigenvalue weighted by molar-refractivity contribution is 5.21. The maximum Gasteiger partial charge on any atom is -0.0132 e. The van der Waals surface area contributed by atoms with Crippen molar-refractivity contribution >= 4 is 0 Å². The lowest BCUT2D eigenvalue weighted by Gasteiger charge is -2.42. The van der Waals surface area contributed by atoms with Crippen LogP contribution in [0.5, 0.6) is 0 Å². The highest BCUT2D eigenvalue weighted by Gasteiger charge is 2.52. The lowest BCUT2D eigenvalue weighted by Crippen LogP contribution is -2.36. The number of hydrogen-bond acceptors (Lipinski definition) is 0. The molecule has 112 valence electrons. The van der Waals surface area contributed by atoms with E-state index < -0.39 is 0 Å². The van der Waals surface area contributed by atoms with Gasteiger partial charge in [-0.3, -0.25) is 0 Å². The van der Waals surface area contributed by atoms with Crippen molar-refractivity contribution in [2.24, 2.45) is 35.0 Å². The molecule has 0 amide bonds. The number of hydrogen-bond donors (Lipinski definition) is 0. The fourth-order valence-electron chi connectivity index (χ4n) is 5.98. The second-order valence-electron chi connectivity index (χ2n) is 8.43. The van der Waals surface area contributed by atoms with Crippen LogP contribution in [0.2, 0.25) is 0 Å². The Bertz CT molecular complexity index is 427. The van der Waals surface area contributed by atoms with Crippen molar-refractivity contribution in [1.29, 1.82) is 0 Å². The molecule has 2 saturated carbocycles. The zero-order valence-electron chi connectivity index (χ0n) is 13.9. The topological polar surface area (TPSA) is 0 Å². The molecular weight excluding hydrogens is 240 g/mol. The number of rotatable bonds is 1. The van der Waals surface area contributed by atoms with Crippen molar-refractivity contribution in [3.05, 3.63) is 23.8 Å². The summed E-state index contributed by atoms with van der Waals surface area (Å²) in [6.07, 6.45) is 10.9. The molecule has 3 aliphatic rings. The first-order valence-electron chi connectivity index (χ1n) is 8.78. The summed E-state index contributed by atoms with van der Waals surface area (Å²) in [6.45, 7) is 14.3. The molecule has 0 nitrogen and oxygen atoms in total. The Hall–Kier alpha value is -0.520. The Labute approximate surface area is 125 Å². The van der Waals surface area contributed by atoms with E-state index in [-0.39, 0.29) is 0 Å². The molecular formula is C20H32. The fraction of sp³-hybridized carbons (Fsp3) is 0.800. The lowest BCUT2D eigenvalue weighted by molar-refractivity contribution is 0.0837. The van der Waals surface area contributed by atoms with Gasteiger partial charge in [0, 0.05) is 0 Å². The van der Waals surface area contributed by atoms with Gasteiger partial charge in [-0.1, -0.05) is 44.6 Å². The van der Waals surface area contributed by atoms with E-state index in [4.69, 9.17) is 0 Å². The maximum absolute atomic E-state index is 4.48. The molecule has 0 radical (unpaired) electrons. The van der Waals surface area contributed by atoms with Crippen molar-refractivity contribution in [2.75, 3.05) is 0 Å². The molecule has 5 atom stereocenters. The third-order valence-corrected chi connectivity index (χ3v) is 7.05. The Morgan fingerprint density at radius 3 is 2.65 bits per heavy atom. The molecule has 0 aromatic rings. The molecule has 0 aromatic heterocycles. The molecule has 0 heterocycles. The van der Waals surface area contributed by atoms with Gasteiger partial charge in [-0.05, 0) is 80.5 Å². The Morgan fingerprint density at radius 2 is 1.95 bits per heavy atom. The van der Waals surface area contributed by atoms with Gasteiger partial charge in [0.25, 0.3) is 0 Å². The third kappa shape index (κ3) is 2.11. The number of allylic oxidation sites excluding steroid dienone is 3. The molecule has 3 aliphatic carbocycles. The van der Waals surface area contributed by atoms with E-state index in [0.717, 1.165) is 29.6 Å². The van der Waals surface area contributed by atoms with Crippen LogP contribution in [-0.4, -0.2) is 0 Å². The second-order valence-corrected chi connectivity index (χ2v) is 8.43. The van der Waals surface area contributed by atoms with Crippen LogP contribution in [0.25, 0.3) is 0 Å². The SMILES string of the molecule is C=C1CCC2(C)C(C(C)C)CCC2C2C=C(C)CCC12. The number of fused-ring (bicyclic) bond motifs is 3. The van der Waals surface area contributed by atoms with E-state index in [1.54, 1.807) is 11.1 Å². The van der Waals surface area contributed by atoms with E-state index in [0.29, 0.717) is 5.41 Å². The van der Waals surface area contributed by atoms with Crippen molar-refractivity contribution < 1.29 is 0 Å². The van der Waals surface area contributed by atoms with Gasteiger partial charge in [-0.15, -0.1) is 0 Å². The van der Waals surface area contributed by atoms with Gasteiger partial charge in [-0.25, -0.2) is 0 Å². The Kier molecular flexibility index (Phi) is 3.63. The molecule has 0 bridgehead atoms. The van der Waals surface area contributed by atoms with Crippen LogP contribution in [-0.2, 0) is 0 Å². The molecule has 0 heteroatoms. The third-order valence-electron chi connectivity index (χ3n) is 7.05. The average molecular weight is 272 g/mol. The van der Waals surface area contributed by atoms with Crippen molar-refractivity contribution in [2.45, 2.75) is 66.2 Å². The molecule has 0 N–H and O–H groups in total. The van der Waals surface area contributed by atoms with E-state index in [1.165, 1.54) is 38.5 Å². The monoisotopic (exact) mass is 272 g/mol. The zero-order valence-corrected chi connectivity index (χ0v) is 13.9. The van der Waals surface area contributed by atoms with Crippen LogP contribution in [0.1, 0.15) is 66.2 Å². The van der Waals surface area contributed by atoms with E-state index in [9.17, 15) is 0 Å². The molecule has 0 aliphatic heterocycles. The van der Waals surface area contributed by atoms with E-state index in [2.05, 4.69) is 40.3 Å². The molecule has 20 heavy (non-hydrogen) atoms. The maximum atomic E-state index is 4.48. The predicted octanol–water partition coefficient (Wildman–Crippen LogP) is 6.00. The Morgan fingerprint density at radius 1 is 1.20 bits per heavy atom. The minimum Gasteiger partial charge on any atom is -0.0996 e. The van der Waals surface area contributed by atoms with Gasteiger partial charge in [0.15, 0.2) is 0 Å². The standard InChI is InChI=1S/C20H32/c1-13(2)18-8-9-19-17-12-14(3)6-7-16(17)15(4)10-11-20(18,19)5/h12-13,16-19H,4,6-11H2,1-3,5H3. The second kappa shape index (κ2) is 5.04. The van der Waals surface area contributed by atoms with Crippen molar-refractivity contribution in [1.82, 2.24) is 0 Å². The smallest absolute Gasteiger partial charge is 0.0132 e. The van der Waals surface area contributed by atoms with Crippen LogP contribution >= 0.6 is 0 Å². The van der Waals surface area contributed by atoms with Gasteiger partial charge >= 0.3 is 0 Å². The molecule has 0 spiro atoms. The van der Waals surface area contributed by atoms with Gasteiger partial charge in [0.2, 0.25) is 0 Å². The quantitative estimate of drug-likeness (QED) is 0.514. The first-order chi connectivity index (χ1) is 9.43. The minimum atomic E-state index is 0.560. The first-order valence-corrected chi connectivity index (χ1v) is 8.78. The van der Waals surface area contributed by atoms with Gasteiger partial charge in [0.1, 0.15) is 0 Å². The highest BCUT2D eigenvalue weighted by atomic mass is 14.6. The van der Waals surface area contributed by atoms with Crippen LogP contribution in [0, 0.1) is 35.0 Å². The van der Waals surface area contributed by atoms with Crippen LogP contribution in [0.3, 0.4) is 0 Å². The normalized spacial score (nSPS) is 44.9. The summed E-state index contributed by atoms with van der Waals surface area (Å²) in [5.74, 6) is 4.26. The van der Waals surface area contributed by atoms with Crippen molar-refractivity contribution in [3.63, 3.8) is 0 Å². The summed E-state index contributed by atoms with van der Waals surface area (Å²) < 4.78 is 0.